The van der Waals surface area contributed by atoms with E-state index < -0.39 is 23.9 Å². The zero-order valence-electron chi connectivity index (χ0n) is 26.3. The lowest BCUT2D eigenvalue weighted by Gasteiger charge is -2.27. The summed E-state index contributed by atoms with van der Waals surface area (Å²) in [4.78, 5) is 53.5. The Bertz CT molecular complexity index is 1220. The van der Waals surface area contributed by atoms with E-state index >= 15 is 0 Å². The van der Waals surface area contributed by atoms with Gasteiger partial charge in [-0.05, 0) is 26.7 Å². The van der Waals surface area contributed by atoms with E-state index in [1.54, 1.807) is 43.9 Å². The van der Waals surface area contributed by atoms with Gasteiger partial charge in [0.05, 0.1) is 26.2 Å². The molecule has 14 heteroatoms. The standard InChI is InChI=1S/C32H44N4O10/c1-21-9-23-13-33(17-27(37)38)5-3-7-35(19-29(41)42)15-25-11-22(2)12-26(32(25)46)16-36(20-30(43)44)8-4-6-34(18-28(39)40)14-24(10-21)31(23)45/h9-12,45-46H,3-8,13-20H2,1-2H3,(H,37,38)(H,39,40)(H,41,42)(H,43,44). The quantitative estimate of drug-likeness (QED) is 0.243. The van der Waals surface area contributed by atoms with Crippen LogP contribution >= 0.6 is 0 Å². The van der Waals surface area contributed by atoms with Crippen molar-refractivity contribution in [2.45, 2.75) is 52.9 Å². The molecular formula is C32H44N4O10. The molecule has 0 spiro atoms. The van der Waals surface area contributed by atoms with Gasteiger partial charge in [-0.15, -0.1) is 0 Å². The molecule has 0 unspecified atom stereocenters. The Morgan fingerprint density at radius 2 is 0.717 bits per heavy atom. The molecule has 0 aromatic heterocycles. The molecule has 3 rings (SSSR count). The Balaban J connectivity index is 2.04. The molecule has 0 saturated heterocycles. The Kier molecular flexibility index (Phi) is 13.3. The second-order valence-corrected chi connectivity index (χ2v) is 12.0. The monoisotopic (exact) mass is 644 g/mol. The zero-order chi connectivity index (χ0) is 34.0. The van der Waals surface area contributed by atoms with Gasteiger partial charge < -0.3 is 30.6 Å². The number of phenols is 2. The van der Waals surface area contributed by atoms with Crippen molar-refractivity contribution in [2.24, 2.45) is 0 Å². The lowest BCUT2D eigenvalue weighted by Crippen LogP contribution is -2.36. The fraction of sp³-hybridized carbons (Fsp3) is 0.500. The maximum atomic E-state index is 11.7. The van der Waals surface area contributed by atoms with E-state index in [2.05, 4.69) is 0 Å². The van der Waals surface area contributed by atoms with Crippen LogP contribution in [0.25, 0.3) is 0 Å². The number of aryl methyl sites for hydroxylation is 2. The predicted octanol–water partition coefficient (Wildman–Crippen LogP) is 1.76. The number of carboxylic acid groups (broad SMARTS) is 4. The van der Waals surface area contributed by atoms with E-state index in [4.69, 9.17) is 0 Å². The van der Waals surface area contributed by atoms with Gasteiger partial charge in [0.1, 0.15) is 11.5 Å². The number of carboxylic acids is 4. The van der Waals surface area contributed by atoms with Crippen molar-refractivity contribution in [3.63, 3.8) is 0 Å². The number of phenolic OH excluding ortho intramolecular Hbond substituents is 2. The minimum absolute atomic E-state index is 0.0601. The molecule has 1 heterocycles. The second kappa shape index (κ2) is 16.9. The van der Waals surface area contributed by atoms with Gasteiger partial charge in [0.15, 0.2) is 0 Å². The highest BCUT2D eigenvalue weighted by atomic mass is 16.4. The maximum absolute atomic E-state index is 11.7. The van der Waals surface area contributed by atoms with Crippen LogP contribution in [0.3, 0.4) is 0 Å². The van der Waals surface area contributed by atoms with Crippen molar-refractivity contribution in [3.8, 4) is 11.5 Å². The summed E-state index contributed by atoms with van der Waals surface area (Å²) in [5, 5.41) is 60.8. The second-order valence-electron chi connectivity index (χ2n) is 12.0. The Morgan fingerprint density at radius 1 is 0.500 bits per heavy atom. The van der Waals surface area contributed by atoms with Crippen molar-refractivity contribution in [3.05, 3.63) is 57.6 Å². The molecule has 0 radical (unpaired) electrons. The fourth-order valence-electron chi connectivity index (χ4n) is 5.97. The van der Waals surface area contributed by atoms with Crippen LogP contribution in [-0.4, -0.2) is 126 Å². The van der Waals surface area contributed by atoms with E-state index in [9.17, 15) is 49.8 Å². The molecular weight excluding hydrogens is 600 g/mol. The van der Waals surface area contributed by atoms with E-state index in [-0.39, 0.29) is 90.0 Å². The van der Waals surface area contributed by atoms with Crippen LogP contribution in [0, 0.1) is 13.8 Å². The summed E-state index contributed by atoms with van der Waals surface area (Å²) in [5.41, 5.74) is 3.52. The molecule has 4 bridgehead atoms. The van der Waals surface area contributed by atoms with Gasteiger partial charge in [0.2, 0.25) is 0 Å². The van der Waals surface area contributed by atoms with Gasteiger partial charge in [-0.25, -0.2) is 0 Å². The third-order valence-corrected chi connectivity index (χ3v) is 7.73. The van der Waals surface area contributed by atoms with Crippen molar-refractivity contribution in [2.75, 3.05) is 52.4 Å². The average molecular weight is 645 g/mol. The number of hydrogen-bond donors (Lipinski definition) is 6. The molecule has 0 atom stereocenters. The number of rotatable bonds is 8. The third kappa shape index (κ3) is 11.6. The highest BCUT2D eigenvalue weighted by Crippen LogP contribution is 2.29. The van der Waals surface area contributed by atoms with E-state index in [0.29, 0.717) is 35.1 Å². The first-order chi connectivity index (χ1) is 21.7. The van der Waals surface area contributed by atoms with Gasteiger partial charge in [0, 0.05) is 74.6 Å². The number of aromatic hydroxyl groups is 2. The Hall–Kier alpha value is -4.24. The van der Waals surface area contributed by atoms with E-state index in [1.807, 2.05) is 13.8 Å². The number of aliphatic carboxylic acids is 4. The van der Waals surface area contributed by atoms with Crippen LogP contribution in [0.5, 0.6) is 11.5 Å². The molecule has 0 fully saturated rings. The summed E-state index contributed by atoms with van der Waals surface area (Å²) < 4.78 is 0. The van der Waals surface area contributed by atoms with Crippen LogP contribution in [-0.2, 0) is 45.4 Å². The first-order valence-corrected chi connectivity index (χ1v) is 15.1. The van der Waals surface area contributed by atoms with Crippen molar-refractivity contribution < 1.29 is 49.8 Å². The van der Waals surface area contributed by atoms with Crippen LogP contribution in [0.2, 0.25) is 0 Å². The van der Waals surface area contributed by atoms with Crippen molar-refractivity contribution in [1.82, 2.24) is 19.6 Å². The van der Waals surface area contributed by atoms with Crippen LogP contribution < -0.4 is 0 Å². The van der Waals surface area contributed by atoms with Crippen LogP contribution in [0.1, 0.15) is 46.2 Å². The Labute approximate surface area is 267 Å². The minimum Gasteiger partial charge on any atom is -0.507 e. The first-order valence-electron chi connectivity index (χ1n) is 15.1. The fourth-order valence-corrected chi connectivity index (χ4v) is 5.97. The zero-order valence-corrected chi connectivity index (χ0v) is 26.3. The lowest BCUT2D eigenvalue weighted by atomic mass is 10.0. The molecule has 0 amide bonds. The SMILES string of the molecule is Cc1cc2c(O)c(c1)CN(CC(=O)O)CCCN(CC(=O)O)Cc1cc(C)cc(c1O)CN(CC(=O)O)CCCN(CC(=O)O)C2. The molecule has 252 valence electrons. The molecule has 1 aliphatic rings. The number of hydrogen-bond acceptors (Lipinski definition) is 10. The number of benzene rings is 2. The van der Waals surface area contributed by atoms with Crippen molar-refractivity contribution >= 4 is 23.9 Å². The topological polar surface area (TPSA) is 203 Å². The average Bonchev–Trinajstić information content (AvgIpc) is 2.91. The smallest absolute Gasteiger partial charge is 0.317 e. The van der Waals surface area contributed by atoms with E-state index in [0.717, 1.165) is 11.1 Å². The molecule has 1 aliphatic heterocycles. The summed E-state index contributed by atoms with van der Waals surface area (Å²) in [7, 11) is 0. The van der Waals surface area contributed by atoms with Gasteiger partial charge in [-0.1, -0.05) is 35.4 Å². The van der Waals surface area contributed by atoms with Crippen LogP contribution in [0.15, 0.2) is 24.3 Å². The van der Waals surface area contributed by atoms with Crippen LogP contribution in [0.4, 0.5) is 0 Å². The molecule has 0 aliphatic carbocycles. The first kappa shape index (κ1) is 36.2. The maximum Gasteiger partial charge on any atom is 0.317 e. The van der Waals surface area contributed by atoms with Gasteiger partial charge in [-0.3, -0.25) is 38.8 Å². The number of fused-ring (bicyclic) bond motifs is 4. The predicted molar refractivity (Wildman–Crippen MR) is 167 cm³/mol. The highest BCUT2D eigenvalue weighted by Gasteiger charge is 2.22. The Morgan fingerprint density at radius 3 is 0.913 bits per heavy atom. The van der Waals surface area contributed by atoms with Gasteiger partial charge in [-0.2, -0.15) is 0 Å². The lowest BCUT2D eigenvalue weighted by molar-refractivity contribution is -0.139. The molecule has 2 aromatic carbocycles. The summed E-state index contributed by atoms with van der Waals surface area (Å²) in [6, 6.07) is 7.00. The molecule has 14 nitrogen and oxygen atoms in total. The highest BCUT2D eigenvalue weighted by molar-refractivity contribution is 5.70. The largest absolute Gasteiger partial charge is 0.507 e. The normalized spacial score (nSPS) is 16.9. The van der Waals surface area contributed by atoms with Gasteiger partial charge >= 0.3 is 23.9 Å². The number of carbonyl (C=O) groups is 4. The molecule has 6 N–H and O–H groups in total. The van der Waals surface area contributed by atoms with Crippen molar-refractivity contribution in [1.29, 1.82) is 0 Å². The summed E-state index contributed by atoms with van der Waals surface area (Å²) in [5.74, 6) is -4.38. The molecule has 2 aromatic rings. The minimum atomic E-state index is -1.06. The molecule has 46 heavy (non-hydrogen) atoms. The summed E-state index contributed by atoms with van der Waals surface area (Å²) >= 11 is 0. The summed E-state index contributed by atoms with van der Waals surface area (Å²) in [6.45, 7) is 3.84. The number of nitrogens with zero attached hydrogens (tertiary/aromatic N) is 4. The van der Waals surface area contributed by atoms with Gasteiger partial charge in [0.25, 0.3) is 0 Å². The van der Waals surface area contributed by atoms with E-state index in [1.165, 1.54) is 0 Å². The molecule has 0 saturated carbocycles. The summed E-state index contributed by atoms with van der Waals surface area (Å²) in [6.07, 6.45) is 0.774. The third-order valence-electron chi connectivity index (χ3n) is 7.73.